The highest BCUT2D eigenvalue weighted by molar-refractivity contribution is 6.33. The molecule has 0 radical (unpaired) electrons. The largest absolute Gasteiger partial charge is 0.314 e. The summed E-state index contributed by atoms with van der Waals surface area (Å²) in [7, 11) is 0. The quantitative estimate of drug-likeness (QED) is 0.176. The van der Waals surface area contributed by atoms with E-state index < -0.39 is 0 Å². The van der Waals surface area contributed by atoms with E-state index in [9.17, 15) is 10.1 Å². The number of hydrogen-bond acceptors (Lipinski definition) is 2. The fraction of sp³-hybridized carbons (Fsp3) is 0.111. The maximum absolute atomic E-state index is 11.6. The molecule has 0 spiro atoms. The molecule has 0 saturated heterocycles. The first-order chi connectivity index (χ1) is 15.6. The standard InChI is InChI=1S/C25H19ClN2O2.C2H6/c1-2-3-4-10-18(26)17-27-22-14-7-6-12-21(22)25-20(13-9-16-24(25)27)19-11-5-8-15-23(19)28(29)30;1-2/h2-17H,1H3;1-2H3/b3-2-,10-4-,18-17-;. The molecular weight excluding hydrogens is 420 g/mol. The molecule has 0 aliphatic heterocycles. The molecule has 0 atom stereocenters. The van der Waals surface area contributed by atoms with E-state index in [1.807, 2.05) is 104 Å². The van der Waals surface area contributed by atoms with Gasteiger partial charge in [0.1, 0.15) is 0 Å². The predicted molar refractivity (Wildman–Crippen MR) is 137 cm³/mol. The molecule has 0 amide bonds. The number of allylic oxidation sites excluding steroid dienone is 5. The van der Waals surface area contributed by atoms with Gasteiger partial charge < -0.3 is 4.57 Å². The Bertz CT molecular complexity index is 1350. The number of nitro groups is 1. The number of halogens is 1. The van der Waals surface area contributed by atoms with Crippen molar-refractivity contribution < 1.29 is 4.92 Å². The number of aromatic nitrogens is 1. The zero-order valence-electron chi connectivity index (χ0n) is 18.3. The van der Waals surface area contributed by atoms with Gasteiger partial charge in [-0.25, -0.2) is 0 Å². The molecule has 0 N–H and O–H groups in total. The van der Waals surface area contributed by atoms with Gasteiger partial charge >= 0.3 is 0 Å². The van der Waals surface area contributed by atoms with Gasteiger partial charge in [0, 0.05) is 23.0 Å². The summed E-state index contributed by atoms with van der Waals surface area (Å²) in [5.74, 6) is 0. The number of nitro benzene ring substituents is 1. The van der Waals surface area contributed by atoms with E-state index in [-0.39, 0.29) is 10.6 Å². The van der Waals surface area contributed by atoms with Crippen LogP contribution in [0.1, 0.15) is 20.8 Å². The van der Waals surface area contributed by atoms with Gasteiger partial charge in [-0.15, -0.1) is 0 Å². The van der Waals surface area contributed by atoms with Crippen molar-refractivity contribution in [2.45, 2.75) is 20.8 Å². The van der Waals surface area contributed by atoms with Crippen molar-refractivity contribution >= 4 is 45.3 Å². The Hall–Kier alpha value is -3.63. The fourth-order valence-electron chi connectivity index (χ4n) is 3.70. The Morgan fingerprint density at radius 1 is 0.906 bits per heavy atom. The first-order valence-electron chi connectivity index (χ1n) is 10.5. The maximum atomic E-state index is 11.6. The number of hydrogen-bond donors (Lipinski definition) is 0. The highest BCUT2D eigenvalue weighted by atomic mass is 35.5. The van der Waals surface area contributed by atoms with Crippen molar-refractivity contribution in [2.24, 2.45) is 0 Å². The summed E-state index contributed by atoms with van der Waals surface area (Å²) in [4.78, 5) is 11.3. The van der Waals surface area contributed by atoms with Crippen molar-refractivity contribution in [2.75, 3.05) is 0 Å². The summed E-state index contributed by atoms with van der Waals surface area (Å²) in [6.07, 6.45) is 9.42. The molecule has 4 aromatic rings. The van der Waals surface area contributed by atoms with Crippen molar-refractivity contribution in [3.05, 3.63) is 106 Å². The molecule has 3 aromatic carbocycles. The summed E-state index contributed by atoms with van der Waals surface area (Å²) in [6, 6.07) is 20.7. The van der Waals surface area contributed by atoms with Gasteiger partial charge in [0.25, 0.3) is 5.69 Å². The molecule has 32 heavy (non-hydrogen) atoms. The van der Waals surface area contributed by atoms with E-state index in [2.05, 4.69) is 0 Å². The van der Waals surface area contributed by atoms with Crippen LogP contribution in [-0.4, -0.2) is 9.49 Å². The lowest BCUT2D eigenvalue weighted by molar-refractivity contribution is -0.384. The Kier molecular flexibility index (Phi) is 7.63. The second-order valence-electron chi connectivity index (χ2n) is 6.76. The number of rotatable bonds is 5. The molecule has 5 heteroatoms. The number of fused-ring (bicyclic) bond motifs is 3. The van der Waals surface area contributed by atoms with Gasteiger partial charge in [0.2, 0.25) is 0 Å². The summed E-state index contributed by atoms with van der Waals surface area (Å²) in [5.41, 5.74) is 3.42. The third kappa shape index (κ3) is 4.51. The van der Waals surface area contributed by atoms with Gasteiger partial charge in [0.05, 0.1) is 26.6 Å². The molecule has 0 unspecified atom stereocenters. The lowest BCUT2D eigenvalue weighted by Crippen LogP contribution is -1.92. The van der Waals surface area contributed by atoms with Crippen molar-refractivity contribution in [1.82, 2.24) is 4.57 Å². The second-order valence-corrected chi connectivity index (χ2v) is 7.20. The fourth-order valence-corrected chi connectivity index (χ4v) is 3.87. The molecule has 0 aliphatic rings. The maximum Gasteiger partial charge on any atom is 0.277 e. The topological polar surface area (TPSA) is 48.1 Å². The van der Waals surface area contributed by atoms with Crippen LogP contribution in [0.5, 0.6) is 0 Å². The molecule has 0 fully saturated rings. The number of benzene rings is 3. The van der Waals surface area contributed by atoms with Crippen LogP contribution < -0.4 is 0 Å². The Balaban J connectivity index is 0.00000141. The van der Waals surface area contributed by atoms with Crippen LogP contribution in [0.25, 0.3) is 39.1 Å². The molecule has 0 saturated carbocycles. The summed E-state index contributed by atoms with van der Waals surface area (Å²) in [5, 5.41) is 14.2. The molecule has 1 heterocycles. The number of nitrogens with zero attached hydrogens (tertiary/aromatic N) is 2. The third-order valence-electron chi connectivity index (χ3n) is 4.94. The van der Waals surface area contributed by atoms with E-state index in [1.54, 1.807) is 12.1 Å². The molecule has 1 aromatic heterocycles. The van der Waals surface area contributed by atoms with E-state index >= 15 is 0 Å². The van der Waals surface area contributed by atoms with Crippen LogP contribution in [-0.2, 0) is 0 Å². The minimum atomic E-state index is -0.337. The van der Waals surface area contributed by atoms with Crippen LogP contribution in [0.2, 0.25) is 0 Å². The van der Waals surface area contributed by atoms with Gasteiger partial charge in [0.15, 0.2) is 0 Å². The minimum Gasteiger partial charge on any atom is -0.314 e. The van der Waals surface area contributed by atoms with Crippen molar-refractivity contribution in [3.63, 3.8) is 0 Å². The molecule has 162 valence electrons. The highest BCUT2D eigenvalue weighted by Crippen LogP contribution is 2.40. The SMILES string of the molecule is CC.C\C=C/C=C\C(Cl)=C\n1c2ccccc2c2c(-c3ccccc3[N+](=O)[O-])cccc21. The lowest BCUT2D eigenvalue weighted by Gasteiger charge is -2.06. The second kappa shape index (κ2) is 10.6. The van der Waals surface area contributed by atoms with Gasteiger partial charge in [-0.05, 0) is 36.8 Å². The molecule has 0 bridgehead atoms. The Labute approximate surface area is 192 Å². The average Bonchev–Trinajstić information content (AvgIpc) is 3.14. The van der Waals surface area contributed by atoms with Crippen molar-refractivity contribution in [3.8, 4) is 11.1 Å². The van der Waals surface area contributed by atoms with Crippen LogP contribution in [0.4, 0.5) is 5.69 Å². The third-order valence-corrected chi connectivity index (χ3v) is 5.16. The van der Waals surface area contributed by atoms with Gasteiger partial charge in [-0.1, -0.05) is 86.1 Å². The molecule has 0 aliphatic carbocycles. The van der Waals surface area contributed by atoms with Crippen LogP contribution in [0, 0.1) is 10.1 Å². The first kappa shape index (κ1) is 23.0. The zero-order valence-corrected chi connectivity index (χ0v) is 19.1. The zero-order chi connectivity index (χ0) is 23.1. The van der Waals surface area contributed by atoms with Crippen molar-refractivity contribution in [1.29, 1.82) is 0 Å². The van der Waals surface area contributed by atoms with Gasteiger partial charge in [-0.3, -0.25) is 10.1 Å². The van der Waals surface area contributed by atoms with Crippen LogP contribution in [0.3, 0.4) is 0 Å². The highest BCUT2D eigenvalue weighted by Gasteiger charge is 2.19. The summed E-state index contributed by atoms with van der Waals surface area (Å²) < 4.78 is 2.03. The average molecular weight is 445 g/mol. The Morgan fingerprint density at radius 2 is 1.56 bits per heavy atom. The van der Waals surface area contributed by atoms with Crippen LogP contribution >= 0.6 is 11.6 Å². The van der Waals surface area contributed by atoms with E-state index in [1.165, 1.54) is 6.07 Å². The molecule has 4 rings (SSSR count). The predicted octanol–water partition coefficient (Wildman–Crippen LogP) is 8.57. The van der Waals surface area contributed by atoms with Crippen LogP contribution in [0.15, 0.2) is 96.1 Å². The molecule has 4 nitrogen and oxygen atoms in total. The minimum absolute atomic E-state index is 0.0877. The molecular formula is C27H25ClN2O2. The Morgan fingerprint density at radius 3 is 2.31 bits per heavy atom. The van der Waals surface area contributed by atoms with Gasteiger partial charge in [-0.2, -0.15) is 0 Å². The number of para-hydroxylation sites is 2. The smallest absolute Gasteiger partial charge is 0.277 e. The summed E-state index contributed by atoms with van der Waals surface area (Å²) in [6.45, 7) is 5.94. The normalized spacial score (nSPS) is 11.9. The monoisotopic (exact) mass is 444 g/mol. The van der Waals surface area contributed by atoms with E-state index in [0.29, 0.717) is 10.6 Å². The first-order valence-corrected chi connectivity index (χ1v) is 10.9. The van der Waals surface area contributed by atoms with E-state index in [0.717, 1.165) is 27.4 Å². The summed E-state index contributed by atoms with van der Waals surface area (Å²) >= 11 is 6.46. The lowest BCUT2D eigenvalue weighted by atomic mass is 9.98. The van der Waals surface area contributed by atoms with E-state index in [4.69, 9.17) is 11.6 Å².